The number of nitrogens with zero attached hydrogens (tertiary/aromatic N) is 3. The van der Waals surface area contributed by atoms with Crippen LogP contribution in [-0.2, 0) is 6.42 Å². The highest BCUT2D eigenvalue weighted by atomic mass is 127. The van der Waals surface area contributed by atoms with Crippen molar-refractivity contribution in [2.45, 2.75) is 26.4 Å². The summed E-state index contributed by atoms with van der Waals surface area (Å²) in [5.74, 6) is 0.703. The molecule has 2 rings (SSSR count). The van der Waals surface area contributed by atoms with Crippen molar-refractivity contribution in [3.8, 4) is 0 Å². The average molecular weight is 461 g/mol. The topological polar surface area (TPSA) is 82.4 Å². The molecule has 0 radical (unpaired) electrons. The van der Waals surface area contributed by atoms with E-state index in [0.29, 0.717) is 12.5 Å². The normalized spacial score (nSPS) is 12.4. The van der Waals surface area contributed by atoms with E-state index in [2.05, 4.69) is 32.5 Å². The Balaban J connectivity index is 0.00000288. The molecular weight excluding hydrogens is 437 g/mol. The number of pyridine rings is 1. The zero-order valence-electron chi connectivity index (χ0n) is 13.9. The summed E-state index contributed by atoms with van der Waals surface area (Å²) in [6.45, 7) is 5.90. The van der Waals surface area contributed by atoms with Crippen molar-refractivity contribution in [1.29, 1.82) is 0 Å². The van der Waals surface area contributed by atoms with Crippen molar-refractivity contribution >= 4 is 41.3 Å². The van der Waals surface area contributed by atoms with Crippen LogP contribution in [-0.4, -0.2) is 40.7 Å². The first kappa shape index (κ1) is 20.8. The highest BCUT2D eigenvalue weighted by Crippen LogP contribution is 2.12. The van der Waals surface area contributed by atoms with Crippen LogP contribution in [0.25, 0.3) is 0 Å². The average Bonchev–Trinajstić information content (AvgIpc) is 2.98. The summed E-state index contributed by atoms with van der Waals surface area (Å²) in [4.78, 5) is 13.9. The van der Waals surface area contributed by atoms with Gasteiger partial charge in [0.2, 0.25) is 0 Å². The van der Waals surface area contributed by atoms with E-state index in [1.807, 2.05) is 13.1 Å². The van der Waals surface area contributed by atoms with Crippen molar-refractivity contribution < 1.29 is 5.11 Å². The molecule has 0 amide bonds. The molecule has 0 aliphatic heterocycles. The number of nitrogens with one attached hydrogen (secondary N) is 2. The molecule has 1 unspecified atom stereocenters. The smallest absolute Gasteiger partial charge is 0.191 e. The second kappa shape index (κ2) is 11.3. The second-order valence-electron chi connectivity index (χ2n) is 5.06. The first-order chi connectivity index (χ1) is 11.2. The van der Waals surface area contributed by atoms with Crippen molar-refractivity contribution in [3.63, 3.8) is 0 Å². The predicted molar refractivity (Wildman–Crippen MR) is 109 cm³/mol. The predicted octanol–water partition coefficient (Wildman–Crippen LogP) is 2.30. The Hall–Kier alpha value is -1.26. The number of halogens is 1. The van der Waals surface area contributed by atoms with Crippen LogP contribution in [0, 0.1) is 6.92 Å². The number of aromatic nitrogens is 2. The second-order valence-corrected chi connectivity index (χ2v) is 6.38. The molecule has 2 aromatic heterocycles. The third-order valence-electron chi connectivity index (χ3n) is 3.16. The summed E-state index contributed by atoms with van der Waals surface area (Å²) in [5, 5.41) is 17.7. The molecule has 132 valence electrons. The number of aryl methyl sites for hydroxylation is 1. The fraction of sp³-hybridized carbons (Fsp3) is 0.438. The number of aliphatic hydroxyl groups is 1. The van der Waals surface area contributed by atoms with Gasteiger partial charge in [0.15, 0.2) is 5.96 Å². The highest BCUT2D eigenvalue weighted by Gasteiger charge is 2.07. The Labute approximate surface area is 163 Å². The Morgan fingerprint density at radius 1 is 1.33 bits per heavy atom. The molecule has 0 saturated carbocycles. The third-order valence-corrected chi connectivity index (χ3v) is 4.13. The van der Waals surface area contributed by atoms with E-state index < -0.39 is 6.10 Å². The molecule has 8 heteroatoms. The van der Waals surface area contributed by atoms with Crippen LogP contribution < -0.4 is 10.6 Å². The van der Waals surface area contributed by atoms with Gasteiger partial charge in [0.25, 0.3) is 0 Å². The molecule has 0 aliphatic carbocycles. The Bertz CT molecular complexity index is 620. The lowest BCUT2D eigenvalue weighted by Crippen LogP contribution is -2.38. The molecule has 2 heterocycles. The lowest BCUT2D eigenvalue weighted by atomic mass is 10.1. The summed E-state index contributed by atoms with van der Waals surface area (Å²) in [6, 6.07) is 3.59. The Morgan fingerprint density at radius 2 is 2.08 bits per heavy atom. The molecule has 0 bridgehead atoms. The van der Waals surface area contributed by atoms with Crippen LogP contribution in [0.5, 0.6) is 0 Å². The maximum Gasteiger partial charge on any atom is 0.191 e. The van der Waals surface area contributed by atoms with Crippen LogP contribution in [0.3, 0.4) is 0 Å². The van der Waals surface area contributed by atoms with Gasteiger partial charge in [-0.15, -0.1) is 35.3 Å². The molecule has 24 heavy (non-hydrogen) atoms. The van der Waals surface area contributed by atoms with Gasteiger partial charge in [-0.2, -0.15) is 0 Å². The zero-order valence-corrected chi connectivity index (χ0v) is 17.0. The SMILES string of the molecule is CCNC(=NCC(O)c1ccncc1)NCCc1ncc(C)s1.I. The minimum absolute atomic E-state index is 0. The summed E-state index contributed by atoms with van der Waals surface area (Å²) in [6.07, 6.45) is 5.46. The number of hydrogen-bond acceptors (Lipinski definition) is 5. The van der Waals surface area contributed by atoms with Crippen molar-refractivity contribution in [2.75, 3.05) is 19.6 Å². The third kappa shape index (κ3) is 7.10. The van der Waals surface area contributed by atoms with Gasteiger partial charge in [-0.1, -0.05) is 0 Å². The molecule has 6 nitrogen and oxygen atoms in total. The molecule has 0 saturated heterocycles. The van der Waals surface area contributed by atoms with Gasteiger partial charge >= 0.3 is 0 Å². The van der Waals surface area contributed by atoms with Gasteiger partial charge in [-0.05, 0) is 31.5 Å². The van der Waals surface area contributed by atoms with Crippen LogP contribution >= 0.6 is 35.3 Å². The quantitative estimate of drug-likeness (QED) is 0.335. The number of hydrogen-bond donors (Lipinski definition) is 3. The highest BCUT2D eigenvalue weighted by molar-refractivity contribution is 14.0. The van der Waals surface area contributed by atoms with E-state index in [-0.39, 0.29) is 24.0 Å². The zero-order chi connectivity index (χ0) is 16.5. The van der Waals surface area contributed by atoms with Gasteiger partial charge in [0.05, 0.1) is 17.7 Å². The maximum atomic E-state index is 10.1. The molecule has 0 fully saturated rings. The van der Waals surface area contributed by atoms with Crippen LogP contribution in [0.4, 0.5) is 0 Å². The number of thiazole rings is 1. The maximum absolute atomic E-state index is 10.1. The van der Waals surface area contributed by atoms with Gasteiger partial charge in [0, 0.05) is 43.0 Å². The largest absolute Gasteiger partial charge is 0.386 e. The van der Waals surface area contributed by atoms with Gasteiger partial charge in [-0.25, -0.2) is 4.98 Å². The van der Waals surface area contributed by atoms with Crippen molar-refractivity contribution in [1.82, 2.24) is 20.6 Å². The lowest BCUT2D eigenvalue weighted by Gasteiger charge is -2.13. The number of aliphatic imine (C=N–C) groups is 1. The van der Waals surface area contributed by atoms with Gasteiger partial charge in [-0.3, -0.25) is 9.98 Å². The fourth-order valence-corrected chi connectivity index (χ4v) is 2.80. The van der Waals surface area contributed by atoms with E-state index >= 15 is 0 Å². The van der Waals surface area contributed by atoms with Crippen molar-refractivity contribution in [3.05, 3.63) is 46.2 Å². The van der Waals surface area contributed by atoms with Crippen LogP contribution in [0.15, 0.2) is 35.7 Å². The Morgan fingerprint density at radius 3 is 2.71 bits per heavy atom. The van der Waals surface area contributed by atoms with Gasteiger partial charge < -0.3 is 15.7 Å². The summed E-state index contributed by atoms with van der Waals surface area (Å²) < 4.78 is 0. The van der Waals surface area contributed by atoms with Crippen LogP contribution in [0.2, 0.25) is 0 Å². The molecule has 3 N–H and O–H groups in total. The summed E-state index contributed by atoms with van der Waals surface area (Å²) in [7, 11) is 0. The summed E-state index contributed by atoms with van der Waals surface area (Å²) >= 11 is 1.71. The molecular formula is C16H24IN5OS. The van der Waals surface area contributed by atoms with Crippen LogP contribution in [0.1, 0.15) is 28.5 Å². The first-order valence-electron chi connectivity index (χ1n) is 7.70. The number of aliphatic hydroxyl groups excluding tert-OH is 1. The van der Waals surface area contributed by atoms with E-state index in [1.54, 1.807) is 35.9 Å². The number of guanidine groups is 1. The minimum atomic E-state index is -0.630. The molecule has 2 aromatic rings. The Kier molecular flexibility index (Phi) is 9.80. The first-order valence-corrected chi connectivity index (χ1v) is 8.52. The summed E-state index contributed by atoms with van der Waals surface area (Å²) in [5.41, 5.74) is 0.817. The van der Waals surface area contributed by atoms with Crippen molar-refractivity contribution in [2.24, 2.45) is 4.99 Å². The minimum Gasteiger partial charge on any atom is -0.386 e. The lowest BCUT2D eigenvalue weighted by molar-refractivity contribution is 0.187. The molecule has 0 aliphatic rings. The van der Waals surface area contributed by atoms with Gasteiger partial charge in [0.1, 0.15) is 0 Å². The fourth-order valence-electron chi connectivity index (χ4n) is 2.02. The molecule has 1 atom stereocenters. The van der Waals surface area contributed by atoms with E-state index in [9.17, 15) is 5.11 Å². The number of rotatable bonds is 7. The molecule has 0 aromatic carbocycles. The van der Waals surface area contributed by atoms with E-state index in [0.717, 1.165) is 30.1 Å². The molecule has 0 spiro atoms. The standard InChI is InChI=1S/C16H23N5OS.HI/c1-3-18-16(19-9-6-15-20-10-12(2)23-15)21-11-14(22)13-4-7-17-8-5-13;/h4-5,7-8,10,14,22H,3,6,9,11H2,1-2H3,(H2,18,19,21);1H. The monoisotopic (exact) mass is 461 g/mol. The van der Waals surface area contributed by atoms with E-state index in [4.69, 9.17) is 0 Å². The van der Waals surface area contributed by atoms with E-state index in [1.165, 1.54) is 4.88 Å².